The van der Waals surface area contributed by atoms with Gasteiger partial charge in [0.15, 0.2) is 0 Å². The summed E-state index contributed by atoms with van der Waals surface area (Å²) < 4.78 is 12.2. The fourth-order valence-electron chi connectivity index (χ4n) is 8.79. The summed E-state index contributed by atoms with van der Waals surface area (Å²) >= 11 is 0. The minimum absolute atomic E-state index is 0.137. The van der Waals surface area contributed by atoms with Crippen molar-refractivity contribution in [3.05, 3.63) is 155 Å². The van der Waals surface area contributed by atoms with Crippen LogP contribution >= 0.6 is 0 Å². The third-order valence-corrected chi connectivity index (χ3v) is 13.0. The van der Waals surface area contributed by atoms with Crippen LogP contribution in [-0.4, -0.2) is 49.3 Å². The van der Waals surface area contributed by atoms with E-state index < -0.39 is 5.97 Å². The quantitative estimate of drug-likeness (QED) is 0.0349. The molecular formula is C61H80N2O6. The van der Waals surface area contributed by atoms with Gasteiger partial charge in [0.2, 0.25) is 0 Å². The minimum atomic E-state index is -1.05. The Labute approximate surface area is 414 Å². The van der Waals surface area contributed by atoms with Crippen LogP contribution in [0.3, 0.4) is 0 Å². The Bertz CT molecular complexity index is 2040. The van der Waals surface area contributed by atoms with Gasteiger partial charge in [-0.25, -0.2) is 4.79 Å². The third-order valence-electron chi connectivity index (χ3n) is 13.0. The third kappa shape index (κ3) is 20.1. The number of ether oxygens (including phenoxy) is 2. The topological polar surface area (TPSA) is 114 Å². The highest BCUT2D eigenvalue weighted by Crippen LogP contribution is 2.30. The van der Waals surface area contributed by atoms with Crippen LogP contribution in [0.4, 0.5) is 0 Å². The number of benzene rings is 5. The number of hydrogen-bond acceptors (Lipinski definition) is 5. The number of unbranched alkanes of at least 4 members (excludes halogenated alkanes) is 18. The number of rotatable bonds is 35. The van der Waals surface area contributed by atoms with Gasteiger partial charge in [-0.1, -0.05) is 214 Å². The molecule has 0 spiro atoms. The summed E-state index contributed by atoms with van der Waals surface area (Å²) in [5, 5.41) is 16.5. The van der Waals surface area contributed by atoms with Crippen molar-refractivity contribution in [1.82, 2.24) is 10.6 Å². The van der Waals surface area contributed by atoms with Gasteiger partial charge >= 0.3 is 5.97 Å². The van der Waals surface area contributed by atoms with E-state index in [1.807, 2.05) is 91.0 Å². The molecule has 0 aliphatic carbocycles. The summed E-state index contributed by atoms with van der Waals surface area (Å²) in [7, 11) is 0. The van der Waals surface area contributed by atoms with E-state index in [4.69, 9.17) is 9.47 Å². The molecule has 0 aliphatic rings. The lowest BCUT2D eigenvalue weighted by atomic mass is 9.95. The van der Waals surface area contributed by atoms with E-state index >= 15 is 0 Å². The molecule has 0 saturated carbocycles. The number of amides is 2. The standard InChI is InChI=1S/C61H80N2O6/c1-3-5-7-9-11-13-15-17-19-27-41-68-46-57(50-29-23-21-24-30-50)62-59(64)52-37-33-48(34-38-52)54-43-55(45-56(44-54)61(66)67)49-35-39-53(40-36-49)60(65)63-58(51-31-25-22-26-32-51)47-69-42-28-20-18-16-14-12-10-8-6-4-2/h21-26,29-40,43-45,57-58H,3-20,27-28,41-42,46-47H2,1-2H3,(H,62,64)(H,63,65)(H,66,67)/t57-,58-/m0/s1. The summed E-state index contributed by atoms with van der Waals surface area (Å²) in [5.41, 5.74) is 6.03. The minimum Gasteiger partial charge on any atom is -0.478 e. The van der Waals surface area contributed by atoms with Crippen molar-refractivity contribution >= 4 is 17.8 Å². The number of aromatic carboxylic acids is 1. The van der Waals surface area contributed by atoms with Crippen molar-refractivity contribution in [3.8, 4) is 22.3 Å². The summed E-state index contributed by atoms with van der Waals surface area (Å²) in [6.07, 6.45) is 25.3. The lowest BCUT2D eigenvalue weighted by Gasteiger charge is -2.20. The van der Waals surface area contributed by atoms with Gasteiger partial charge in [-0.3, -0.25) is 9.59 Å². The van der Waals surface area contributed by atoms with Gasteiger partial charge in [0.25, 0.3) is 11.8 Å². The van der Waals surface area contributed by atoms with E-state index in [2.05, 4.69) is 24.5 Å². The van der Waals surface area contributed by atoms with Crippen molar-refractivity contribution in [1.29, 1.82) is 0 Å². The highest BCUT2D eigenvalue weighted by Gasteiger charge is 2.19. The molecule has 0 fully saturated rings. The van der Waals surface area contributed by atoms with E-state index in [-0.39, 0.29) is 29.5 Å². The Balaban J connectivity index is 1.15. The molecule has 3 N–H and O–H groups in total. The Hall–Kier alpha value is -5.57. The second kappa shape index (κ2) is 32.3. The Morgan fingerprint density at radius 1 is 0.406 bits per heavy atom. The largest absolute Gasteiger partial charge is 0.478 e. The number of carbonyl (C=O) groups is 3. The molecule has 0 unspecified atom stereocenters. The van der Waals surface area contributed by atoms with Crippen LogP contribution in [0.15, 0.2) is 127 Å². The van der Waals surface area contributed by atoms with Gasteiger partial charge in [0.05, 0.1) is 30.9 Å². The second-order valence-corrected chi connectivity index (χ2v) is 18.6. The zero-order chi connectivity index (χ0) is 48.7. The zero-order valence-electron chi connectivity index (χ0n) is 41.7. The highest BCUT2D eigenvalue weighted by atomic mass is 16.5. The van der Waals surface area contributed by atoms with Crippen LogP contribution < -0.4 is 10.6 Å². The predicted octanol–water partition coefficient (Wildman–Crippen LogP) is 15.5. The molecule has 2 amide bonds. The molecule has 0 heterocycles. The fourth-order valence-corrected chi connectivity index (χ4v) is 8.79. The molecule has 0 aliphatic heterocycles. The van der Waals surface area contributed by atoms with E-state index in [0.29, 0.717) is 48.7 Å². The summed E-state index contributed by atoms with van der Waals surface area (Å²) in [4.78, 5) is 39.7. The van der Waals surface area contributed by atoms with Gasteiger partial charge in [-0.05, 0) is 88.7 Å². The smallest absolute Gasteiger partial charge is 0.335 e. The van der Waals surface area contributed by atoms with Gasteiger partial charge < -0.3 is 25.2 Å². The summed E-state index contributed by atoms with van der Waals surface area (Å²) in [5.74, 6) is -1.47. The Kier molecular flexibility index (Phi) is 25.4. The maximum atomic E-state index is 13.6. The molecule has 0 saturated heterocycles. The molecule has 0 aromatic heterocycles. The summed E-state index contributed by atoms with van der Waals surface area (Å²) in [6.45, 7) is 6.58. The van der Waals surface area contributed by atoms with E-state index in [0.717, 1.165) is 47.9 Å². The van der Waals surface area contributed by atoms with Crippen LogP contribution in [0.5, 0.6) is 0 Å². The van der Waals surface area contributed by atoms with E-state index in [1.165, 1.54) is 103 Å². The lowest BCUT2D eigenvalue weighted by molar-refractivity contribution is 0.0696. The van der Waals surface area contributed by atoms with Crippen LogP contribution in [-0.2, 0) is 9.47 Å². The average Bonchev–Trinajstić information content (AvgIpc) is 3.38. The lowest BCUT2D eigenvalue weighted by Crippen LogP contribution is -2.31. The Morgan fingerprint density at radius 2 is 0.739 bits per heavy atom. The molecule has 370 valence electrons. The number of nitrogens with one attached hydrogen (secondary N) is 2. The van der Waals surface area contributed by atoms with Gasteiger partial charge in [0.1, 0.15) is 0 Å². The van der Waals surface area contributed by atoms with Gasteiger partial charge in [-0.15, -0.1) is 0 Å². The van der Waals surface area contributed by atoms with Gasteiger partial charge in [-0.2, -0.15) is 0 Å². The highest BCUT2D eigenvalue weighted by molar-refractivity contribution is 5.97. The SMILES string of the molecule is CCCCCCCCCCCCOC[C@H](NC(=O)c1ccc(-c2cc(C(=O)O)cc(-c3ccc(C(=O)N[C@@H](COCCCCCCCCCCCC)c4ccccc4)cc3)c2)cc1)c1ccccc1. The van der Waals surface area contributed by atoms with Crippen LogP contribution in [0.2, 0.25) is 0 Å². The number of carboxylic acids is 1. The number of carbonyl (C=O) groups excluding carboxylic acids is 2. The summed E-state index contributed by atoms with van der Waals surface area (Å²) in [6, 6.07) is 38.9. The van der Waals surface area contributed by atoms with E-state index in [9.17, 15) is 19.5 Å². The van der Waals surface area contributed by atoms with Crippen molar-refractivity contribution in [2.45, 2.75) is 154 Å². The Morgan fingerprint density at radius 3 is 1.07 bits per heavy atom. The van der Waals surface area contributed by atoms with Gasteiger partial charge in [0, 0.05) is 24.3 Å². The molecule has 5 rings (SSSR count). The molecule has 5 aromatic carbocycles. The van der Waals surface area contributed by atoms with Crippen LogP contribution in [0.25, 0.3) is 22.3 Å². The molecule has 5 aromatic rings. The van der Waals surface area contributed by atoms with Crippen LogP contribution in [0.1, 0.15) is 197 Å². The van der Waals surface area contributed by atoms with Crippen molar-refractivity contribution in [2.24, 2.45) is 0 Å². The van der Waals surface area contributed by atoms with Crippen molar-refractivity contribution in [2.75, 3.05) is 26.4 Å². The molecule has 8 heteroatoms. The van der Waals surface area contributed by atoms with Crippen molar-refractivity contribution < 1.29 is 29.0 Å². The molecule has 8 nitrogen and oxygen atoms in total. The monoisotopic (exact) mass is 937 g/mol. The first-order valence-electron chi connectivity index (χ1n) is 26.3. The normalized spacial score (nSPS) is 12.1. The molecule has 0 radical (unpaired) electrons. The number of hydrogen-bond donors (Lipinski definition) is 3. The first kappa shape index (κ1) is 54.4. The number of carboxylic acid groups (broad SMARTS) is 1. The van der Waals surface area contributed by atoms with Crippen LogP contribution in [0, 0.1) is 0 Å². The average molecular weight is 937 g/mol. The predicted molar refractivity (Wildman–Crippen MR) is 283 cm³/mol. The molecule has 2 atom stereocenters. The van der Waals surface area contributed by atoms with E-state index in [1.54, 1.807) is 36.4 Å². The molecular weight excluding hydrogens is 857 g/mol. The van der Waals surface area contributed by atoms with Crippen molar-refractivity contribution in [3.63, 3.8) is 0 Å². The first-order valence-corrected chi connectivity index (χ1v) is 26.3. The molecule has 0 bridgehead atoms. The fraction of sp³-hybridized carbons (Fsp3) is 0.459. The zero-order valence-corrected chi connectivity index (χ0v) is 41.7. The molecule has 69 heavy (non-hydrogen) atoms. The second-order valence-electron chi connectivity index (χ2n) is 18.6. The maximum absolute atomic E-state index is 13.6. The first-order chi connectivity index (χ1) is 33.9. The maximum Gasteiger partial charge on any atom is 0.335 e.